The maximum Gasteiger partial charge on any atom is 0.407 e. The van der Waals surface area contributed by atoms with Gasteiger partial charge < -0.3 is 25.3 Å². The lowest BCUT2D eigenvalue weighted by atomic mass is 10.2. The fraction of sp³-hybridized carbons (Fsp3) is 0.533. The Bertz CT molecular complexity index is 469. The molecule has 0 atom stereocenters. The molecule has 1 rings (SSSR count). The predicted octanol–water partition coefficient (Wildman–Crippen LogP) is 2.57. The van der Waals surface area contributed by atoms with Gasteiger partial charge in [0, 0.05) is 18.3 Å². The first-order chi connectivity index (χ1) is 9.81. The molecule has 1 amide bonds. The average molecular weight is 296 g/mol. The van der Waals surface area contributed by atoms with Crippen LogP contribution in [0.5, 0.6) is 11.5 Å². The third-order valence-electron chi connectivity index (χ3n) is 2.43. The molecule has 3 N–H and O–H groups in total. The molecule has 0 saturated heterocycles. The zero-order valence-corrected chi connectivity index (χ0v) is 13.1. The maximum atomic E-state index is 11.4. The van der Waals surface area contributed by atoms with Crippen LogP contribution in [0.3, 0.4) is 0 Å². The number of benzene rings is 1. The lowest BCUT2D eigenvalue weighted by Gasteiger charge is -2.19. The van der Waals surface area contributed by atoms with E-state index in [-0.39, 0.29) is 0 Å². The Morgan fingerprint density at radius 1 is 1.29 bits per heavy atom. The Labute approximate surface area is 125 Å². The summed E-state index contributed by atoms with van der Waals surface area (Å²) in [6.45, 7) is 6.38. The van der Waals surface area contributed by atoms with Crippen molar-refractivity contribution in [2.24, 2.45) is 0 Å². The molecule has 0 heterocycles. The number of alkyl carbamates (subject to hydrolysis) is 1. The molecule has 0 saturated carbocycles. The van der Waals surface area contributed by atoms with Crippen molar-refractivity contribution in [1.82, 2.24) is 5.32 Å². The normalized spacial score (nSPS) is 10.9. The molecule has 0 unspecified atom stereocenters. The molecule has 0 bridgehead atoms. The van der Waals surface area contributed by atoms with Crippen molar-refractivity contribution in [3.05, 3.63) is 18.2 Å². The van der Waals surface area contributed by atoms with E-state index in [4.69, 9.17) is 19.9 Å². The first-order valence-electron chi connectivity index (χ1n) is 6.85. The number of hydrogen-bond acceptors (Lipinski definition) is 5. The standard InChI is InChI=1S/C15H24N2O4/c1-15(2,3)21-14(18)17-8-5-9-20-13-10-11(16)6-7-12(13)19-4/h6-7,10H,5,8-9,16H2,1-4H3,(H,17,18). The molecule has 0 radical (unpaired) electrons. The molecule has 6 nitrogen and oxygen atoms in total. The van der Waals surface area contributed by atoms with Crippen LogP contribution in [0.15, 0.2) is 18.2 Å². The van der Waals surface area contributed by atoms with Gasteiger partial charge in [-0.1, -0.05) is 0 Å². The van der Waals surface area contributed by atoms with Gasteiger partial charge in [-0.25, -0.2) is 4.79 Å². The molecule has 1 aromatic rings. The highest BCUT2D eigenvalue weighted by molar-refractivity contribution is 5.67. The van der Waals surface area contributed by atoms with Gasteiger partial charge in [-0.3, -0.25) is 0 Å². The molecule has 0 aliphatic heterocycles. The van der Waals surface area contributed by atoms with Crippen LogP contribution in [0.1, 0.15) is 27.2 Å². The van der Waals surface area contributed by atoms with Crippen LogP contribution in [0, 0.1) is 0 Å². The Balaban J connectivity index is 2.29. The number of nitrogens with two attached hydrogens (primary N) is 1. The molecule has 0 fully saturated rings. The third-order valence-corrected chi connectivity index (χ3v) is 2.43. The van der Waals surface area contributed by atoms with Gasteiger partial charge in [0.2, 0.25) is 0 Å². The lowest BCUT2D eigenvalue weighted by Crippen LogP contribution is -2.33. The number of carbonyl (C=O) groups is 1. The van der Waals surface area contributed by atoms with Crippen molar-refractivity contribution in [2.75, 3.05) is 26.0 Å². The van der Waals surface area contributed by atoms with Gasteiger partial charge in [-0.05, 0) is 39.3 Å². The Kier molecular flexibility index (Phi) is 6.14. The van der Waals surface area contributed by atoms with E-state index in [2.05, 4.69) is 5.32 Å². The second kappa shape index (κ2) is 7.61. The monoisotopic (exact) mass is 296 g/mol. The zero-order valence-electron chi connectivity index (χ0n) is 13.1. The summed E-state index contributed by atoms with van der Waals surface area (Å²) in [6, 6.07) is 5.21. The van der Waals surface area contributed by atoms with Crippen molar-refractivity contribution in [2.45, 2.75) is 32.8 Å². The van der Waals surface area contributed by atoms with E-state index >= 15 is 0 Å². The Morgan fingerprint density at radius 3 is 2.62 bits per heavy atom. The van der Waals surface area contributed by atoms with Gasteiger partial charge in [-0.2, -0.15) is 0 Å². The SMILES string of the molecule is COc1ccc(N)cc1OCCCNC(=O)OC(C)(C)C. The van der Waals surface area contributed by atoms with Crippen LogP contribution in [0.2, 0.25) is 0 Å². The smallest absolute Gasteiger partial charge is 0.407 e. The fourth-order valence-corrected chi connectivity index (χ4v) is 1.57. The van der Waals surface area contributed by atoms with Gasteiger partial charge >= 0.3 is 6.09 Å². The summed E-state index contributed by atoms with van der Waals surface area (Å²) in [7, 11) is 1.57. The van der Waals surface area contributed by atoms with Crippen molar-refractivity contribution in [3.8, 4) is 11.5 Å². The summed E-state index contributed by atoms with van der Waals surface area (Å²) >= 11 is 0. The second-order valence-corrected chi connectivity index (χ2v) is 5.54. The minimum Gasteiger partial charge on any atom is -0.493 e. The van der Waals surface area contributed by atoms with Gasteiger partial charge in [-0.15, -0.1) is 0 Å². The topological polar surface area (TPSA) is 82.8 Å². The molecular weight excluding hydrogens is 272 g/mol. The molecule has 1 aromatic carbocycles. The quantitative estimate of drug-likeness (QED) is 0.622. The van der Waals surface area contributed by atoms with E-state index in [9.17, 15) is 4.79 Å². The molecule has 118 valence electrons. The van der Waals surface area contributed by atoms with E-state index in [0.717, 1.165) is 0 Å². The molecular formula is C15H24N2O4. The number of amides is 1. The van der Waals surface area contributed by atoms with Gasteiger partial charge in [0.25, 0.3) is 0 Å². The van der Waals surface area contributed by atoms with Crippen LogP contribution in [0.25, 0.3) is 0 Å². The summed E-state index contributed by atoms with van der Waals surface area (Å²) in [6.07, 6.45) is 0.223. The van der Waals surface area contributed by atoms with Crippen LogP contribution >= 0.6 is 0 Å². The predicted molar refractivity (Wildman–Crippen MR) is 81.8 cm³/mol. The minimum atomic E-state index is -0.491. The summed E-state index contributed by atoms with van der Waals surface area (Å²) in [4.78, 5) is 11.4. The lowest BCUT2D eigenvalue weighted by molar-refractivity contribution is 0.0525. The van der Waals surface area contributed by atoms with E-state index in [0.29, 0.717) is 36.8 Å². The highest BCUT2D eigenvalue weighted by Gasteiger charge is 2.15. The number of carbonyl (C=O) groups excluding carboxylic acids is 1. The van der Waals surface area contributed by atoms with E-state index < -0.39 is 11.7 Å². The fourth-order valence-electron chi connectivity index (χ4n) is 1.57. The van der Waals surface area contributed by atoms with Crippen molar-refractivity contribution >= 4 is 11.8 Å². The average Bonchev–Trinajstić information content (AvgIpc) is 2.36. The van der Waals surface area contributed by atoms with E-state index in [1.807, 2.05) is 20.8 Å². The summed E-state index contributed by atoms with van der Waals surface area (Å²) in [5.41, 5.74) is 5.82. The van der Waals surface area contributed by atoms with Crippen LogP contribution in [0.4, 0.5) is 10.5 Å². The van der Waals surface area contributed by atoms with E-state index in [1.54, 1.807) is 25.3 Å². The first-order valence-corrected chi connectivity index (χ1v) is 6.85. The van der Waals surface area contributed by atoms with Crippen molar-refractivity contribution in [3.63, 3.8) is 0 Å². The number of anilines is 1. The zero-order chi connectivity index (χ0) is 15.9. The summed E-state index contributed by atoms with van der Waals surface area (Å²) in [5.74, 6) is 1.22. The second-order valence-electron chi connectivity index (χ2n) is 5.54. The number of rotatable bonds is 6. The highest BCUT2D eigenvalue weighted by Crippen LogP contribution is 2.28. The molecule has 0 aliphatic rings. The van der Waals surface area contributed by atoms with Gasteiger partial charge in [0.05, 0.1) is 13.7 Å². The van der Waals surface area contributed by atoms with Crippen molar-refractivity contribution < 1.29 is 19.0 Å². The highest BCUT2D eigenvalue weighted by atomic mass is 16.6. The number of hydrogen-bond donors (Lipinski definition) is 2. The molecule has 21 heavy (non-hydrogen) atoms. The van der Waals surface area contributed by atoms with Crippen LogP contribution in [-0.4, -0.2) is 32.0 Å². The Hall–Kier alpha value is -2.11. The van der Waals surface area contributed by atoms with Crippen LogP contribution in [-0.2, 0) is 4.74 Å². The number of nitrogens with one attached hydrogen (secondary N) is 1. The minimum absolute atomic E-state index is 0.427. The number of ether oxygens (including phenoxy) is 3. The van der Waals surface area contributed by atoms with Gasteiger partial charge in [0.15, 0.2) is 11.5 Å². The molecule has 0 spiro atoms. The summed E-state index contributed by atoms with van der Waals surface area (Å²) < 4.78 is 15.9. The van der Waals surface area contributed by atoms with Gasteiger partial charge in [0.1, 0.15) is 5.60 Å². The van der Waals surface area contributed by atoms with E-state index in [1.165, 1.54) is 0 Å². The molecule has 0 aromatic heterocycles. The third kappa shape index (κ3) is 6.74. The number of methoxy groups -OCH3 is 1. The molecule has 6 heteroatoms. The van der Waals surface area contributed by atoms with Crippen molar-refractivity contribution in [1.29, 1.82) is 0 Å². The Morgan fingerprint density at radius 2 is 2.00 bits per heavy atom. The largest absolute Gasteiger partial charge is 0.493 e. The first kappa shape index (κ1) is 16.9. The number of nitrogen functional groups attached to an aromatic ring is 1. The maximum absolute atomic E-state index is 11.4. The molecule has 0 aliphatic carbocycles. The summed E-state index contributed by atoms with van der Waals surface area (Å²) in [5, 5.41) is 2.67. The van der Waals surface area contributed by atoms with Crippen LogP contribution < -0.4 is 20.5 Å².